The van der Waals surface area contributed by atoms with E-state index in [1.165, 1.54) is 7.11 Å². The van der Waals surface area contributed by atoms with Gasteiger partial charge in [-0.1, -0.05) is 36.4 Å². The average molecular weight is 420 g/mol. The highest BCUT2D eigenvalue weighted by atomic mass is 16.6. The molecule has 0 saturated heterocycles. The highest BCUT2D eigenvalue weighted by molar-refractivity contribution is 6.04. The van der Waals surface area contributed by atoms with E-state index >= 15 is 0 Å². The van der Waals surface area contributed by atoms with Crippen LogP contribution in [0.4, 0.5) is 16.2 Å². The van der Waals surface area contributed by atoms with Gasteiger partial charge in [0.15, 0.2) is 0 Å². The average Bonchev–Trinajstić information content (AvgIpc) is 2.79. The molecule has 3 aromatic carbocycles. The predicted octanol–water partition coefficient (Wildman–Crippen LogP) is 4.71. The molecule has 0 heterocycles. The van der Waals surface area contributed by atoms with Crippen LogP contribution in [0, 0.1) is 0 Å². The number of rotatable bonds is 9. The molecule has 160 valence electrons. The lowest BCUT2D eigenvalue weighted by atomic mass is 10.2. The second kappa shape index (κ2) is 11.4. The lowest BCUT2D eigenvalue weighted by Crippen LogP contribution is -2.17. The largest absolute Gasteiger partial charge is 0.489 e. The van der Waals surface area contributed by atoms with Crippen molar-refractivity contribution >= 4 is 23.4 Å². The van der Waals surface area contributed by atoms with Gasteiger partial charge >= 0.3 is 6.09 Å². The van der Waals surface area contributed by atoms with Gasteiger partial charge in [-0.3, -0.25) is 10.1 Å². The summed E-state index contributed by atoms with van der Waals surface area (Å²) < 4.78 is 15.5. The van der Waals surface area contributed by atoms with Crippen molar-refractivity contribution in [3.05, 3.63) is 90.0 Å². The van der Waals surface area contributed by atoms with Crippen LogP contribution >= 0.6 is 0 Å². The van der Waals surface area contributed by atoms with Crippen molar-refractivity contribution in [3.63, 3.8) is 0 Å². The zero-order chi connectivity index (χ0) is 21.9. The number of benzene rings is 3. The number of ether oxygens (including phenoxy) is 3. The van der Waals surface area contributed by atoms with Crippen LogP contribution in [0.25, 0.3) is 0 Å². The van der Waals surface area contributed by atoms with Gasteiger partial charge in [0.05, 0.1) is 6.61 Å². The SMILES string of the molecule is COCCOC(=O)Nc1cccc(NC(=O)c2ccc(OCc3ccccc3)cc2)c1. The molecule has 0 aliphatic heterocycles. The first-order valence-electron chi connectivity index (χ1n) is 9.75. The second-order valence-corrected chi connectivity index (χ2v) is 6.59. The number of carbonyl (C=O) groups is 2. The molecule has 0 atom stereocenters. The van der Waals surface area contributed by atoms with Gasteiger partial charge in [0.1, 0.15) is 19.0 Å². The Hall–Kier alpha value is -3.84. The lowest BCUT2D eigenvalue weighted by molar-refractivity contribution is 0.102. The Bertz CT molecular complexity index is 990. The molecule has 0 aliphatic rings. The Morgan fingerprint density at radius 3 is 2.23 bits per heavy atom. The summed E-state index contributed by atoms with van der Waals surface area (Å²) in [6.45, 7) is 0.934. The second-order valence-electron chi connectivity index (χ2n) is 6.59. The third-order valence-corrected chi connectivity index (χ3v) is 4.25. The summed E-state index contributed by atoms with van der Waals surface area (Å²) in [7, 11) is 1.53. The molecule has 0 aliphatic carbocycles. The van der Waals surface area contributed by atoms with E-state index in [-0.39, 0.29) is 12.5 Å². The van der Waals surface area contributed by atoms with Crippen molar-refractivity contribution in [1.82, 2.24) is 0 Å². The quantitative estimate of drug-likeness (QED) is 0.490. The maximum atomic E-state index is 12.5. The van der Waals surface area contributed by atoms with Gasteiger partial charge in [0.25, 0.3) is 5.91 Å². The molecule has 3 rings (SSSR count). The summed E-state index contributed by atoms with van der Waals surface area (Å²) in [6.07, 6.45) is -0.591. The predicted molar refractivity (Wildman–Crippen MR) is 118 cm³/mol. The van der Waals surface area contributed by atoms with Crippen LogP contribution in [0.1, 0.15) is 15.9 Å². The Balaban J connectivity index is 1.53. The van der Waals surface area contributed by atoms with Crippen LogP contribution in [0.3, 0.4) is 0 Å². The summed E-state index contributed by atoms with van der Waals surface area (Å²) in [4.78, 5) is 24.3. The van der Waals surface area contributed by atoms with Crippen molar-refractivity contribution < 1.29 is 23.8 Å². The summed E-state index contributed by atoms with van der Waals surface area (Å²) in [5, 5.41) is 5.41. The van der Waals surface area contributed by atoms with Crippen LogP contribution in [0.5, 0.6) is 5.75 Å². The van der Waals surface area contributed by atoms with E-state index in [2.05, 4.69) is 10.6 Å². The monoisotopic (exact) mass is 420 g/mol. The fourth-order valence-corrected chi connectivity index (χ4v) is 2.69. The Kier molecular flexibility index (Phi) is 8.02. The molecular weight excluding hydrogens is 396 g/mol. The number of methoxy groups -OCH3 is 1. The van der Waals surface area contributed by atoms with Gasteiger partial charge in [0.2, 0.25) is 0 Å². The molecule has 0 bridgehead atoms. The maximum Gasteiger partial charge on any atom is 0.411 e. The fourth-order valence-electron chi connectivity index (χ4n) is 2.69. The first kappa shape index (κ1) is 21.9. The van der Waals surface area contributed by atoms with Crippen LogP contribution in [-0.2, 0) is 16.1 Å². The Morgan fingerprint density at radius 1 is 0.806 bits per heavy atom. The van der Waals surface area contributed by atoms with Gasteiger partial charge in [-0.2, -0.15) is 0 Å². The van der Waals surface area contributed by atoms with Crippen LogP contribution in [-0.4, -0.2) is 32.3 Å². The van der Waals surface area contributed by atoms with Gasteiger partial charge in [-0.25, -0.2) is 4.79 Å². The van der Waals surface area contributed by atoms with Gasteiger partial charge in [-0.05, 0) is 48.0 Å². The van der Waals surface area contributed by atoms with E-state index in [9.17, 15) is 9.59 Å². The maximum absolute atomic E-state index is 12.5. The van der Waals surface area contributed by atoms with Crippen molar-refractivity contribution in [2.24, 2.45) is 0 Å². The fraction of sp³-hybridized carbons (Fsp3) is 0.167. The number of anilines is 2. The standard InChI is InChI=1S/C24H24N2O5/c1-29-14-15-30-24(28)26-21-9-5-8-20(16-21)25-23(27)19-10-12-22(13-11-19)31-17-18-6-3-2-4-7-18/h2-13,16H,14-15,17H2,1H3,(H,25,27)(H,26,28). The summed E-state index contributed by atoms with van der Waals surface area (Å²) in [6, 6.07) is 23.6. The molecule has 2 N–H and O–H groups in total. The minimum Gasteiger partial charge on any atom is -0.489 e. The van der Waals surface area contributed by atoms with E-state index < -0.39 is 6.09 Å². The highest BCUT2D eigenvalue weighted by Crippen LogP contribution is 2.18. The summed E-state index contributed by atoms with van der Waals surface area (Å²) in [5.74, 6) is 0.410. The molecule has 3 aromatic rings. The highest BCUT2D eigenvalue weighted by Gasteiger charge is 2.08. The first-order valence-corrected chi connectivity index (χ1v) is 9.75. The number of hydrogen-bond acceptors (Lipinski definition) is 5. The van der Waals surface area contributed by atoms with E-state index in [1.54, 1.807) is 48.5 Å². The number of amides is 2. The van der Waals surface area contributed by atoms with Crippen molar-refractivity contribution in [2.75, 3.05) is 31.0 Å². The molecule has 7 heteroatoms. The molecular formula is C24H24N2O5. The van der Waals surface area contributed by atoms with E-state index in [4.69, 9.17) is 14.2 Å². The number of hydrogen-bond donors (Lipinski definition) is 2. The minimum atomic E-state index is -0.591. The van der Waals surface area contributed by atoms with Crippen molar-refractivity contribution in [2.45, 2.75) is 6.61 Å². The van der Waals surface area contributed by atoms with E-state index in [0.29, 0.717) is 35.9 Å². The molecule has 0 fully saturated rings. The van der Waals surface area contributed by atoms with Gasteiger partial charge in [-0.15, -0.1) is 0 Å². The van der Waals surface area contributed by atoms with Gasteiger partial charge < -0.3 is 19.5 Å². The molecule has 0 saturated carbocycles. The first-order chi connectivity index (χ1) is 15.1. The molecule has 31 heavy (non-hydrogen) atoms. The topological polar surface area (TPSA) is 85.9 Å². The molecule has 0 aromatic heterocycles. The van der Waals surface area contributed by atoms with Crippen LogP contribution < -0.4 is 15.4 Å². The zero-order valence-electron chi connectivity index (χ0n) is 17.2. The molecule has 2 amide bonds. The Labute approximate surface area is 180 Å². The van der Waals surface area contributed by atoms with Gasteiger partial charge in [0, 0.05) is 24.0 Å². The molecule has 0 spiro atoms. The molecule has 7 nitrogen and oxygen atoms in total. The third kappa shape index (κ3) is 7.17. The van der Waals surface area contributed by atoms with Crippen molar-refractivity contribution in [3.8, 4) is 5.75 Å². The number of nitrogens with one attached hydrogen (secondary N) is 2. The lowest BCUT2D eigenvalue weighted by Gasteiger charge is -2.10. The van der Waals surface area contributed by atoms with E-state index in [1.807, 2.05) is 30.3 Å². The molecule has 0 radical (unpaired) electrons. The minimum absolute atomic E-state index is 0.157. The van der Waals surface area contributed by atoms with Crippen LogP contribution in [0.15, 0.2) is 78.9 Å². The van der Waals surface area contributed by atoms with E-state index in [0.717, 1.165) is 5.56 Å². The molecule has 0 unspecified atom stereocenters. The third-order valence-electron chi connectivity index (χ3n) is 4.25. The normalized spacial score (nSPS) is 10.2. The van der Waals surface area contributed by atoms with Crippen molar-refractivity contribution in [1.29, 1.82) is 0 Å². The number of carbonyl (C=O) groups excluding carboxylic acids is 2. The Morgan fingerprint density at radius 2 is 1.52 bits per heavy atom. The smallest absolute Gasteiger partial charge is 0.411 e. The summed E-state index contributed by atoms with van der Waals surface area (Å²) >= 11 is 0. The summed E-state index contributed by atoms with van der Waals surface area (Å²) in [5.41, 5.74) is 2.61. The zero-order valence-corrected chi connectivity index (χ0v) is 17.2. The van der Waals surface area contributed by atoms with Crippen LogP contribution in [0.2, 0.25) is 0 Å².